The van der Waals surface area contributed by atoms with Gasteiger partial charge in [0.25, 0.3) is 5.91 Å². The average molecular weight is 466 g/mol. The number of hydrogen-bond donors (Lipinski definition) is 2. The molecule has 0 saturated carbocycles. The normalized spacial score (nSPS) is 17.6. The molecule has 1 atom stereocenters. The Morgan fingerprint density at radius 2 is 2.06 bits per heavy atom. The van der Waals surface area contributed by atoms with Gasteiger partial charge in [0, 0.05) is 25.3 Å². The van der Waals surface area contributed by atoms with Gasteiger partial charge >= 0.3 is 6.03 Å². The Bertz CT molecular complexity index is 1290. The predicted molar refractivity (Wildman–Crippen MR) is 124 cm³/mol. The monoisotopic (exact) mass is 465 g/mol. The van der Waals surface area contributed by atoms with Crippen LogP contribution in [0.15, 0.2) is 49.2 Å². The van der Waals surface area contributed by atoms with Crippen LogP contribution in [0.2, 0.25) is 0 Å². The summed E-state index contributed by atoms with van der Waals surface area (Å²) in [5, 5.41) is 6.47. The summed E-state index contributed by atoms with van der Waals surface area (Å²) in [6.45, 7) is 4.56. The van der Waals surface area contributed by atoms with Crippen LogP contribution in [0.4, 0.5) is 26.2 Å². The van der Waals surface area contributed by atoms with Crippen molar-refractivity contribution in [3.63, 3.8) is 0 Å². The Hall–Kier alpha value is -3.79. The molecule has 4 amide bonds. The van der Waals surface area contributed by atoms with Crippen molar-refractivity contribution >= 4 is 56.5 Å². The summed E-state index contributed by atoms with van der Waals surface area (Å²) in [6.07, 6.45) is 4.38. The third-order valence-electron chi connectivity index (χ3n) is 5.78. The molecule has 2 N–H and O–H groups in total. The highest BCUT2D eigenvalue weighted by atomic mass is 32.1. The van der Waals surface area contributed by atoms with Gasteiger partial charge in [0.15, 0.2) is 0 Å². The summed E-state index contributed by atoms with van der Waals surface area (Å²) >= 11 is 1.19. The van der Waals surface area contributed by atoms with Gasteiger partial charge in [0.2, 0.25) is 5.91 Å². The average Bonchev–Trinajstić information content (AvgIpc) is 3.19. The Kier molecular flexibility index (Phi) is 5.29. The minimum atomic E-state index is -0.450. The van der Waals surface area contributed by atoms with Gasteiger partial charge in [0.05, 0.1) is 22.4 Å². The first-order valence-electron chi connectivity index (χ1n) is 10.5. The van der Waals surface area contributed by atoms with E-state index in [2.05, 4.69) is 22.2 Å². The van der Waals surface area contributed by atoms with Crippen molar-refractivity contribution in [2.24, 2.45) is 0 Å². The molecular formula is C23H20FN5O3S. The fourth-order valence-electron chi connectivity index (χ4n) is 4.27. The molecule has 8 nitrogen and oxygen atoms in total. The first-order chi connectivity index (χ1) is 16.0. The summed E-state index contributed by atoms with van der Waals surface area (Å²) < 4.78 is 13.4. The van der Waals surface area contributed by atoms with Crippen LogP contribution in [-0.4, -0.2) is 46.9 Å². The molecule has 0 bridgehead atoms. The Morgan fingerprint density at radius 3 is 2.82 bits per heavy atom. The highest BCUT2D eigenvalue weighted by Crippen LogP contribution is 2.45. The number of nitrogens with zero attached hydrogens (tertiary/aromatic N) is 3. The lowest BCUT2D eigenvalue weighted by Crippen LogP contribution is -2.49. The molecule has 5 rings (SSSR count). The SMILES string of the molecule is C=CC(=O)N1CCC[C@@H](NC(=O)c2sc3nccc4c3c2NC(=O)N4c2ccc(F)cc2)C1. The van der Waals surface area contributed by atoms with Crippen molar-refractivity contribution < 1.29 is 18.8 Å². The lowest BCUT2D eigenvalue weighted by Gasteiger charge is -2.32. The number of anilines is 3. The highest BCUT2D eigenvalue weighted by Gasteiger charge is 2.33. The number of aromatic nitrogens is 1. The molecule has 33 heavy (non-hydrogen) atoms. The standard InChI is InChI=1S/C23H20FN5O3S/c1-2-17(30)28-11-3-4-14(12-28)26-21(31)20-19-18-16(9-10-25-22(18)33-20)29(23(32)27-19)15-7-5-13(24)6-8-15/h2,5-10,14H,1,3-4,11-12H2,(H,26,31)(H,27,32)/t14-/m1/s1. The molecule has 1 saturated heterocycles. The lowest BCUT2D eigenvalue weighted by molar-refractivity contribution is -0.127. The number of carbonyl (C=O) groups is 3. The largest absolute Gasteiger partial charge is 0.347 e. The molecule has 2 aliphatic heterocycles. The predicted octanol–water partition coefficient (Wildman–Crippen LogP) is 4.03. The zero-order valence-corrected chi connectivity index (χ0v) is 18.3. The number of benzene rings is 1. The fourth-order valence-corrected chi connectivity index (χ4v) is 5.29. The maximum absolute atomic E-state index is 13.4. The molecule has 168 valence electrons. The van der Waals surface area contributed by atoms with Crippen LogP contribution in [0.1, 0.15) is 22.5 Å². The summed E-state index contributed by atoms with van der Waals surface area (Å²) in [7, 11) is 0. The van der Waals surface area contributed by atoms with Gasteiger partial charge in [-0.1, -0.05) is 6.58 Å². The van der Waals surface area contributed by atoms with Gasteiger partial charge in [-0.25, -0.2) is 14.2 Å². The first kappa shape index (κ1) is 21.1. The van der Waals surface area contributed by atoms with Crippen molar-refractivity contribution in [1.29, 1.82) is 0 Å². The number of rotatable bonds is 4. The molecule has 2 aromatic heterocycles. The third-order valence-corrected chi connectivity index (χ3v) is 6.88. The maximum atomic E-state index is 13.4. The lowest BCUT2D eigenvalue weighted by atomic mass is 10.1. The number of piperidine rings is 1. The zero-order chi connectivity index (χ0) is 23.1. The van der Waals surface area contributed by atoms with E-state index in [4.69, 9.17) is 0 Å². The van der Waals surface area contributed by atoms with Crippen molar-refractivity contribution in [2.45, 2.75) is 18.9 Å². The molecule has 0 radical (unpaired) electrons. The van der Waals surface area contributed by atoms with E-state index >= 15 is 0 Å². The number of hydrogen-bond acceptors (Lipinski definition) is 5. The van der Waals surface area contributed by atoms with Gasteiger partial charge in [0.1, 0.15) is 15.5 Å². The van der Waals surface area contributed by atoms with Gasteiger partial charge in [-0.15, -0.1) is 11.3 Å². The number of carbonyl (C=O) groups excluding carboxylic acids is 3. The van der Waals surface area contributed by atoms with E-state index in [0.29, 0.717) is 45.2 Å². The number of urea groups is 1. The molecule has 1 aromatic carbocycles. The van der Waals surface area contributed by atoms with Crippen molar-refractivity contribution in [1.82, 2.24) is 15.2 Å². The van der Waals surface area contributed by atoms with Crippen LogP contribution in [0.25, 0.3) is 10.2 Å². The summed E-state index contributed by atoms with van der Waals surface area (Å²) in [5.41, 5.74) is 1.48. The van der Waals surface area contributed by atoms with E-state index in [1.54, 1.807) is 17.2 Å². The molecule has 0 aliphatic carbocycles. The van der Waals surface area contributed by atoms with Crippen LogP contribution in [-0.2, 0) is 4.79 Å². The van der Waals surface area contributed by atoms with E-state index in [-0.39, 0.29) is 17.9 Å². The molecular weight excluding hydrogens is 445 g/mol. The Labute approximate surface area is 192 Å². The van der Waals surface area contributed by atoms with E-state index < -0.39 is 11.8 Å². The number of pyridine rings is 1. The molecule has 0 spiro atoms. The fraction of sp³-hybridized carbons (Fsp3) is 0.217. The van der Waals surface area contributed by atoms with E-state index in [0.717, 1.165) is 12.8 Å². The minimum Gasteiger partial charge on any atom is -0.347 e. The van der Waals surface area contributed by atoms with Gasteiger partial charge < -0.3 is 15.5 Å². The summed E-state index contributed by atoms with van der Waals surface area (Å²) in [5.74, 6) is -0.887. The highest BCUT2D eigenvalue weighted by molar-refractivity contribution is 7.21. The van der Waals surface area contributed by atoms with Gasteiger partial charge in [-0.3, -0.25) is 14.5 Å². The topological polar surface area (TPSA) is 94.6 Å². The smallest absolute Gasteiger partial charge is 0.331 e. The van der Waals surface area contributed by atoms with Crippen LogP contribution in [0.3, 0.4) is 0 Å². The quantitative estimate of drug-likeness (QED) is 0.569. The van der Waals surface area contributed by atoms with Gasteiger partial charge in [-0.2, -0.15) is 0 Å². The van der Waals surface area contributed by atoms with Crippen LogP contribution < -0.4 is 15.5 Å². The van der Waals surface area contributed by atoms with Crippen LogP contribution in [0, 0.1) is 5.82 Å². The van der Waals surface area contributed by atoms with E-state index in [1.165, 1.54) is 46.6 Å². The number of thiophene rings is 1. The molecule has 3 aromatic rings. The first-order valence-corrected chi connectivity index (χ1v) is 11.3. The minimum absolute atomic E-state index is 0.159. The molecule has 4 heterocycles. The molecule has 0 unspecified atom stereocenters. The zero-order valence-electron chi connectivity index (χ0n) is 17.5. The molecule has 1 fully saturated rings. The van der Waals surface area contributed by atoms with Gasteiger partial charge in [-0.05, 0) is 49.2 Å². The van der Waals surface area contributed by atoms with Crippen molar-refractivity contribution in [3.05, 3.63) is 59.9 Å². The number of halogens is 1. The Balaban J connectivity index is 1.47. The van der Waals surface area contributed by atoms with Crippen LogP contribution in [0.5, 0.6) is 0 Å². The number of amides is 4. The van der Waals surface area contributed by atoms with Crippen LogP contribution >= 0.6 is 11.3 Å². The number of nitrogens with one attached hydrogen (secondary N) is 2. The van der Waals surface area contributed by atoms with E-state index in [1.807, 2.05) is 0 Å². The second-order valence-corrected chi connectivity index (χ2v) is 8.86. The second kappa shape index (κ2) is 8.28. The second-order valence-electron chi connectivity index (χ2n) is 7.86. The Morgan fingerprint density at radius 1 is 1.27 bits per heavy atom. The molecule has 2 aliphatic rings. The molecule has 10 heteroatoms. The van der Waals surface area contributed by atoms with E-state index in [9.17, 15) is 18.8 Å². The van der Waals surface area contributed by atoms with Crippen molar-refractivity contribution in [2.75, 3.05) is 23.3 Å². The van der Waals surface area contributed by atoms with Crippen molar-refractivity contribution in [3.8, 4) is 0 Å². The summed E-state index contributed by atoms with van der Waals surface area (Å²) in [4.78, 5) is 46.6. The number of likely N-dealkylation sites (tertiary alicyclic amines) is 1. The maximum Gasteiger partial charge on any atom is 0.331 e. The summed E-state index contributed by atoms with van der Waals surface area (Å²) in [6, 6.07) is 6.66. The third kappa shape index (κ3) is 3.72.